The third-order valence-corrected chi connectivity index (χ3v) is 4.01. The second kappa shape index (κ2) is 6.37. The first-order valence-corrected chi connectivity index (χ1v) is 7.90. The largest absolute Gasteiger partial charge is 0.503 e. The smallest absolute Gasteiger partial charge is 0.190 e. The molecule has 0 radical (unpaired) electrons. The number of nitrogens with one attached hydrogen (secondary N) is 1. The van der Waals surface area contributed by atoms with Crippen molar-refractivity contribution in [1.29, 1.82) is 0 Å². The van der Waals surface area contributed by atoms with Crippen LogP contribution in [0, 0.1) is 0 Å². The lowest BCUT2D eigenvalue weighted by atomic mass is 10.1. The third-order valence-electron chi connectivity index (χ3n) is 4.01. The molecule has 4 aromatic rings. The first-order chi connectivity index (χ1) is 13.1. The average Bonchev–Trinajstić information content (AvgIpc) is 3.38. The summed E-state index contributed by atoms with van der Waals surface area (Å²) in [4.78, 5) is 2.98. The molecule has 0 bridgehead atoms. The summed E-state index contributed by atoms with van der Waals surface area (Å²) in [6.45, 7) is 0. The van der Waals surface area contributed by atoms with Crippen LogP contribution in [-0.4, -0.2) is 34.8 Å². The lowest BCUT2D eigenvalue weighted by Gasteiger charge is -2.06. The summed E-state index contributed by atoms with van der Waals surface area (Å²) in [5.74, 6) is 0.105. The summed E-state index contributed by atoms with van der Waals surface area (Å²) in [6, 6.07) is 5.04. The van der Waals surface area contributed by atoms with Crippen molar-refractivity contribution in [3.63, 3.8) is 0 Å². The number of phenolic OH excluding ortho intramolecular Hbond substituents is 2. The topological polar surface area (TPSA) is 141 Å². The Bertz CT molecular complexity index is 1090. The van der Waals surface area contributed by atoms with Crippen LogP contribution in [0.1, 0.15) is 0 Å². The Morgan fingerprint density at radius 1 is 0.815 bits per heavy atom. The molecule has 0 spiro atoms. The van der Waals surface area contributed by atoms with E-state index in [0.29, 0.717) is 22.5 Å². The maximum Gasteiger partial charge on any atom is 0.190 e. The van der Waals surface area contributed by atoms with Gasteiger partial charge in [0.25, 0.3) is 0 Å². The van der Waals surface area contributed by atoms with Gasteiger partial charge in [0, 0.05) is 37.8 Å². The summed E-state index contributed by atoms with van der Waals surface area (Å²) >= 11 is 0. The zero-order valence-electron chi connectivity index (χ0n) is 14.4. The maximum absolute atomic E-state index is 10.4. The summed E-state index contributed by atoms with van der Waals surface area (Å²) in [5.41, 5.74) is 0.674. The number of phenols is 2. The molecule has 0 amide bonds. The molecule has 0 aliphatic heterocycles. The average molecular weight is 365 g/mol. The van der Waals surface area contributed by atoms with Gasteiger partial charge in [0.1, 0.15) is 5.69 Å². The van der Waals surface area contributed by atoms with Crippen LogP contribution in [0.5, 0.6) is 11.5 Å². The van der Waals surface area contributed by atoms with Gasteiger partial charge in [-0.1, -0.05) is 0 Å². The van der Waals surface area contributed by atoms with Gasteiger partial charge in [-0.25, -0.2) is 9.36 Å². The van der Waals surface area contributed by atoms with E-state index in [2.05, 4.69) is 35.6 Å². The summed E-state index contributed by atoms with van der Waals surface area (Å²) in [6.07, 6.45) is 4.81. The number of azo groups is 2. The van der Waals surface area contributed by atoms with Crippen LogP contribution in [0.4, 0.5) is 23.0 Å². The fraction of sp³-hybridized carbons (Fsp3) is 0.125. The Hall–Kier alpha value is -4.02. The van der Waals surface area contributed by atoms with Crippen molar-refractivity contribution in [1.82, 2.24) is 24.5 Å². The molecule has 4 rings (SSSR count). The lowest BCUT2D eigenvalue weighted by molar-refractivity contribution is 0.406. The number of aromatic nitrogens is 5. The molecule has 0 fully saturated rings. The fourth-order valence-corrected chi connectivity index (χ4v) is 2.56. The Kier molecular flexibility index (Phi) is 3.88. The van der Waals surface area contributed by atoms with Crippen molar-refractivity contribution in [2.75, 3.05) is 0 Å². The van der Waals surface area contributed by atoms with Crippen LogP contribution in [0.25, 0.3) is 10.9 Å². The van der Waals surface area contributed by atoms with Gasteiger partial charge in [0.15, 0.2) is 28.8 Å². The van der Waals surface area contributed by atoms with Crippen LogP contribution in [0.3, 0.4) is 0 Å². The third kappa shape index (κ3) is 2.80. The molecule has 0 saturated carbocycles. The molecule has 0 unspecified atom stereocenters. The van der Waals surface area contributed by atoms with E-state index < -0.39 is 11.5 Å². The van der Waals surface area contributed by atoms with Crippen LogP contribution in [0.15, 0.2) is 57.2 Å². The second-order valence-electron chi connectivity index (χ2n) is 5.69. The van der Waals surface area contributed by atoms with Gasteiger partial charge in [-0.2, -0.15) is 10.2 Å². The van der Waals surface area contributed by atoms with E-state index in [0.717, 1.165) is 0 Å². The van der Waals surface area contributed by atoms with E-state index in [-0.39, 0.29) is 11.4 Å². The van der Waals surface area contributed by atoms with Gasteiger partial charge >= 0.3 is 0 Å². The van der Waals surface area contributed by atoms with Gasteiger partial charge in [-0.3, -0.25) is 0 Å². The molecule has 136 valence electrons. The van der Waals surface area contributed by atoms with Crippen LogP contribution in [0.2, 0.25) is 0 Å². The number of rotatable bonds is 4. The van der Waals surface area contributed by atoms with E-state index >= 15 is 0 Å². The van der Waals surface area contributed by atoms with Gasteiger partial charge in [-0.05, 0) is 6.07 Å². The Morgan fingerprint density at radius 3 is 1.93 bits per heavy atom. The molecule has 27 heavy (non-hydrogen) atoms. The highest BCUT2D eigenvalue weighted by molar-refractivity contribution is 6.03. The van der Waals surface area contributed by atoms with E-state index in [1.807, 2.05) is 0 Å². The van der Waals surface area contributed by atoms with E-state index in [4.69, 9.17) is 0 Å². The van der Waals surface area contributed by atoms with Crippen LogP contribution >= 0.6 is 0 Å². The molecule has 3 heterocycles. The van der Waals surface area contributed by atoms with Crippen molar-refractivity contribution in [3.05, 3.63) is 36.8 Å². The first kappa shape index (κ1) is 16.4. The number of H-pyrrole nitrogens is 1. The predicted octanol–water partition coefficient (Wildman–Crippen LogP) is 3.88. The van der Waals surface area contributed by atoms with Gasteiger partial charge in [-0.15, -0.1) is 20.5 Å². The molecule has 0 aliphatic rings. The maximum atomic E-state index is 10.4. The highest BCUT2D eigenvalue weighted by Gasteiger charge is 2.20. The number of aryl methyl sites for hydroxylation is 2. The molecule has 0 aliphatic carbocycles. The number of benzene rings is 1. The Balaban J connectivity index is 1.82. The number of fused-ring (bicyclic) bond motifs is 1. The van der Waals surface area contributed by atoms with Crippen molar-refractivity contribution in [2.45, 2.75) is 0 Å². The monoisotopic (exact) mass is 365 g/mol. The minimum absolute atomic E-state index is 0.0909. The molecular formula is C16H15N9O2. The number of nitrogens with zero attached hydrogens (tertiary/aromatic N) is 8. The van der Waals surface area contributed by atoms with Crippen molar-refractivity contribution < 1.29 is 10.2 Å². The van der Waals surface area contributed by atoms with Crippen LogP contribution in [-0.2, 0) is 14.1 Å². The summed E-state index contributed by atoms with van der Waals surface area (Å²) < 4.78 is 3.06. The Labute approximate surface area is 152 Å². The number of hydrogen-bond acceptors (Lipinski definition) is 8. The van der Waals surface area contributed by atoms with E-state index in [1.54, 1.807) is 50.9 Å². The zero-order valence-corrected chi connectivity index (χ0v) is 14.4. The Morgan fingerprint density at radius 2 is 1.37 bits per heavy atom. The molecule has 3 aromatic heterocycles. The normalized spacial score (nSPS) is 12.1. The second-order valence-corrected chi connectivity index (χ2v) is 5.69. The molecule has 3 N–H and O–H groups in total. The van der Waals surface area contributed by atoms with E-state index in [9.17, 15) is 10.2 Å². The summed E-state index contributed by atoms with van der Waals surface area (Å²) in [7, 11) is 3.44. The molecule has 0 atom stereocenters. The molecule has 11 heteroatoms. The van der Waals surface area contributed by atoms with Crippen molar-refractivity contribution >= 4 is 33.9 Å². The highest BCUT2D eigenvalue weighted by atomic mass is 16.3. The zero-order chi connectivity index (χ0) is 19.0. The number of aromatic hydroxyl groups is 2. The lowest BCUT2D eigenvalue weighted by Crippen LogP contribution is -1.87. The van der Waals surface area contributed by atoms with Gasteiger partial charge < -0.3 is 15.2 Å². The van der Waals surface area contributed by atoms with Crippen molar-refractivity contribution in [2.24, 2.45) is 34.6 Å². The summed E-state index contributed by atoms with van der Waals surface area (Å²) in [5, 5.41) is 45.7. The number of aromatic amines is 1. The first-order valence-electron chi connectivity index (χ1n) is 7.90. The van der Waals surface area contributed by atoms with Crippen LogP contribution < -0.4 is 0 Å². The van der Waals surface area contributed by atoms with Crippen molar-refractivity contribution in [3.8, 4) is 11.5 Å². The van der Waals surface area contributed by atoms with Gasteiger partial charge in [0.2, 0.25) is 0 Å². The van der Waals surface area contributed by atoms with E-state index in [1.165, 1.54) is 9.36 Å². The molecule has 0 saturated heterocycles. The highest BCUT2D eigenvalue weighted by Crippen LogP contribution is 2.49. The standard InChI is InChI=1S/C16H15N9O2/c1-24-10(4-7-18-24)20-22-13-9-3-6-17-12(9)14(16(27)15(13)26)23-21-11-5-8-19-25(11)2/h3-8,17,26-27H,1-2H3/b22-20+,23-21+. The molecule has 11 nitrogen and oxygen atoms in total. The minimum atomic E-state index is -0.449. The fourth-order valence-electron chi connectivity index (χ4n) is 2.56. The SMILES string of the molecule is Cn1nccc1/N=N/c1c(O)c(O)c(/N=N/c2ccnn2C)c2[nH]ccc12. The number of hydrogen-bond donors (Lipinski definition) is 3. The quantitative estimate of drug-likeness (QED) is 0.372. The predicted molar refractivity (Wildman–Crippen MR) is 96.4 cm³/mol. The van der Waals surface area contributed by atoms with Gasteiger partial charge in [0.05, 0.1) is 17.9 Å². The minimum Gasteiger partial charge on any atom is -0.503 e. The molecule has 1 aromatic carbocycles. The molecular weight excluding hydrogens is 350 g/mol.